The highest BCUT2D eigenvalue weighted by atomic mass is 16.5. The fraction of sp³-hybridized carbons (Fsp3) is 0.542. The van der Waals surface area contributed by atoms with Crippen LogP contribution in [0, 0.1) is 5.92 Å². The predicted octanol–water partition coefficient (Wildman–Crippen LogP) is 3.95. The van der Waals surface area contributed by atoms with E-state index < -0.39 is 6.10 Å². The van der Waals surface area contributed by atoms with Crippen molar-refractivity contribution in [3.63, 3.8) is 0 Å². The molecule has 1 saturated heterocycles. The molecular weight excluding hydrogens is 392 g/mol. The Kier molecular flexibility index (Phi) is 7.02. The molecule has 1 N–H and O–H groups in total. The van der Waals surface area contributed by atoms with Crippen molar-refractivity contribution >= 4 is 17.6 Å². The maximum atomic E-state index is 12.9. The molecule has 1 aromatic heterocycles. The molecule has 7 heteroatoms. The number of anilines is 1. The first-order valence-electron chi connectivity index (χ1n) is 11.4. The molecule has 0 bridgehead atoms. The highest BCUT2D eigenvalue weighted by Gasteiger charge is 2.28. The van der Waals surface area contributed by atoms with E-state index in [1.165, 1.54) is 32.8 Å². The molecule has 31 heavy (non-hydrogen) atoms. The van der Waals surface area contributed by atoms with Gasteiger partial charge in [-0.1, -0.05) is 43.2 Å². The molecule has 2 aromatic rings. The van der Waals surface area contributed by atoms with Gasteiger partial charge >= 0.3 is 0 Å². The Bertz CT molecular complexity index is 868. The number of rotatable bonds is 7. The Morgan fingerprint density at radius 2 is 1.81 bits per heavy atom. The second kappa shape index (κ2) is 10.1. The lowest BCUT2D eigenvalue weighted by molar-refractivity contribution is -0.133. The minimum atomic E-state index is -0.681. The summed E-state index contributed by atoms with van der Waals surface area (Å²) in [7, 11) is 1.53. The Morgan fingerprint density at radius 3 is 2.48 bits per heavy atom. The summed E-state index contributed by atoms with van der Waals surface area (Å²) < 4.78 is 7.32. The summed E-state index contributed by atoms with van der Waals surface area (Å²) in [5, 5.41) is 7.44. The van der Waals surface area contributed by atoms with Crippen LogP contribution in [0.5, 0.6) is 0 Å². The number of likely N-dealkylation sites (tertiary alicyclic amines) is 1. The molecule has 1 saturated carbocycles. The Labute approximate surface area is 183 Å². The minimum absolute atomic E-state index is 0.165. The van der Waals surface area contributed by atoms with E-state index in [0.29, 0.717) is 24.1 Å². The van der Waals surface area contributed by atoms with Gasteiger partial charge in [-0.25, -0.2) is 4.68 Å². The molecule has 0 radical (unpaired) electrons. The maximum Gasteiger partial charge on any atom is 0.259 e. The first-order valence-corrected chi connectivity index (χ1v) is 11.4. The zero-order valence-corrected chi connectivity index (χ0v) is 18.2. The van der Waals surface area contributed by atoms with Crippen LogP contribution in [0.4, 0.5) is 5.82 Å². The Balaban J connectivity index is 1.34. The van der Waals surface area contributed by atoms with Crippen molar-refractivity contribution in [2.45, 2.75) is 57.1 Å². The third-order valence-corrected chi connectivity index (χ3v) is 6.60. The molecule has 2 fully saturated rings. The average molecular weight is 425 g/mol. The Hall–Kier alpha value is -2.67. The van der Waals surface area contributed by atoms with Crippen LogP contribution in [0.15, 0.2) is 42.6 Å². The van der Waals surface area contributed by atoms with Crippen molar-refractivity contribution in [3.05, 3.63) is 48.2 Å². The standard InChI is InChI=1S/C24H32N4O3/c1-31-23(19-9-3-2-4-10-19)24(30)26-21-11-14-25-28(21)20-12-15-27(16-13-20)22(29)17-18-7-5-6-8-18/h2-4,9-11,14,18,20,23H,5-8,12-13,15-17H2,1H3,(H,26,30)/t23-/m1/s1. The van der Waals surface area contributed by atoms with Gasteiger partial charge in [-0.2, -0.15) is 5.10 Å². The van der Waals surface area contributed by atoms with Gasteiger partial charge in [0.2, 0.25) is 5.91 Å². The average Bonchev–Trinajstić information content (AvgIpc) is 3.47. The lowest BCUT2D eigenvalue weighted by Gasteiger charge is -2.33. The fourth-order valence-electron chi connectivity index (χ4n) is 4.87. The van der Waals surface area contributed by atoms with Gasteiger partial charge in [0, 0.05) is 32.7 Å². The number of piperidine rings is 1. The van der Waals surface area contributed by atoms with Crippen molar-refractivity contribution in [1.29, 1.82) is 0 Å². The van der Waals surface area contributed by atoms with Crippen LogP contribution >= 0.6 is 0 Å². The third kappa shape index (κ3) is 5.15. The van der Waals surface area contributed by atoms with Gasteiger partial charge in [0.1, 0.15) is 5.82 Å². The van der Waals surface area contributed by atoms with Crippen molar-refractivity contribution in [2.24, 2.45) is 5.92 Å². The lowest BCUT2D eigenvalue weighted by Crippen LogP contribution is -2.40. The van der Waals surface area contributed by atoms with E-state index in [4.69, 9.17) is 4.74 Å². The number of amides is 2. The molecular formula is C24H32N4O3. The molecule has 166 valence electrons. The van der Waals surface area contributed by atoms with Gasteiger partial charge in [0.05, 0.1) is 12.2 Å². The van der Waals surface area contributed by atoms with E-state index >= 15 is 0 Å². The van der Waals surface area contributed by atoms with Crippen molar-refractivity contribution in [2.75, 3.05) is 25.5 Å². The molecule has 7 nitrogen and oxygen atoms in total. The van der Waals surface area contributed by atoms with Crippen LogP contribution in [0.1, 0.15) is 62.7 Å². The van der Waals surface area contributed by atoms with Crippen molar-refractivity contribution < 1.29 is 14.3 Å². The van der Waals surface area contributed by atoms with Crippen LogP contribution < -0.4 is 5.32 Å². The predicted molar refractivity (Wildman–Crippen MR) is 118 cm³/mol. The number of hydrogen-bond acceptors (Lipinski definition) is 4. The monoisotopic (exact) mass is 424 g/mol. The van der Waals surface area contributed by atoms with E-state index in [-0.39, 0.29) is 11.9 Å². The SMILES string of the molecule is CO[C@@H](C(=O)Nc1ccnn1C1CCN(C(=O)CC2CCCC2)CC1)c1ccccc1. The van der Waals surface area contributed by atoms with E-state index in [1.54, 1.807) is 6.20 Å². The van der Waals surface area contributed by atoms with Crippen LogP contribution in [-0.2, 0) is 14.3 Å². The molecule has 4 rings (SSSR count). The largest absolute Gasteiger partial charge is 0.367 e. The minimum Gasteiger partial charge on any atom is -0.367 e. The van der Waals surface area contributed by atoms with Crippen molar-refractivity contribution in [1.82, 2.24) is 14.7 Å². The first kappa shape index (κ1) is 21.6. The Morgan fingerprint density at radius 1 is 1.10 bits per heavy atom. The smallest absolute Gasteiger partial charge is 0.259 e. The number of nitrogens with zero attached hydrogens (tertiary/aromatic N) is 3. The summed E-state index contributed by atoms with van der Waals surface area (Å²) in [5.41, 5.74) is 0.808. The number of methoxy groups -OCH3 is 1. The summed E-state index contributed by atoms with van der Waals surface area (Å²) in [6, 6.07) is 11.4. The van der Waals surface area contributed by atoms with Gasteiger partial charge in [-0.15, -0.1) is 0 Å². The number of benzene rings is 1. The number of ether oxygens (including phenoxy) is 1. The van der Waals surface area contributed by atoms with E-state index in [2.05, 4.69) is 10.4 Å². The molecule has 1 aliphatic heterocycles. The van der Waals surface area contributed by atoms with Crippen molar-refractivity contribution in [3.8, 4) is 0 Å². The topological polar surface area (TPSA) is 76.5 Å². The molecule has 2 amide bonds. The number of carbonyl (C=O) groups excluding carboxylic acids is 2. The number of nitrogens with one attached hydrogen (secondary N) is 1. The zero-order valence-electron chi connectivity index (χ0n) is 18.2. The summed E-state index contributed by atoms with van der Waals surface area (Å²) in [5.74, 6) is 1.32. The van der Waals surface area contributed by atoms with E-state index in [0.717, 1.165) is 31.5 Å². The molecule has 2 aliphatic rings. The summed E-state index contributed by atoms with van der Waals surface area (Å²) in [6.07, 6.45) is 8.33. The van der Waals surface area contributed by atoms with Gasteiger partial charge < -0.3 is 15.0 Å². The number of carbonyl (C=O) groups is 2. The van der Waals surface area contributed by atoms with Gasteiger partial charge in [0.25, 0.3) is 5.91 Å². The quantitative estimate of drug-likeness (QED) is 0.730. The number of aromatic nitrogens is 2. The lowest BCUT2D eigenvalue weighted by atomic mass is 10.0. The van der Waals surface area contributed by atoms with Crippen LogP contribution in [0.25, 0.3) is 0 Å². The second-order valence-corrected chi connectivity index (χ2v) is 8.64. The summed E-state index contributed by atoms with van der Waals surface area (Å²) >= 11 is 0. The van der Waals surface area contributed by atoms with Gasteiger partial charge in [-0.05, 0) is 37.2 Å². The molecule has 0 spiro atoms. The molecule has 1 aromatic carbocycles. The second-order valence-electron chi connectivity index (χ2n) is 8.64. The summed E-state index contributed by atoms with van der Waals surface area (Å²) in [4.78, 5) is 27.5. The van der Waals surface area contributed by atoms with Crippen LogP contribution in [0.2, 0.25) is 0 Å². The highest BCUT2D eigenvalue weighted by Crippen LogP contribution is 2.30. The van der Waals surface area contributed by atoms with E-state index in [1.807, 2.05) is 46.0 Å². The highest BCUT2D eigenvalue weighted by molar-refractivity contribution is 5.94. The fourth-order valence-corrected chi connectivity index (χ4v) is 4.87. The molecule has 1 aliphatic carbocycles. The molecule has 2 heterocycles. The zero-order chi connectivity index (χ0) is 21.6. The molecule has 1 atom stereocenters. The normalized spacial score (nSPS) is 18.8. The van der Waals surface area contributed by atoms with Crippen LogP contribution in [0.3, 0.4) is 0 Å². The third-order valence-electron chi connectivity index (χ3n) is 6.60. The van der Waals surface area contributed by atoms with Gasteiger partial charge in [-0.3, -0.25) is 9.59 Å². The van der Waals surface area contributed by atoms with Gasteiger partial charge in [0.15, 0.2) is 6.10 Å². The summed E-state index contributed by atoms with van der Waals surface area (Å²) in [6.45, 7) is 1.49. The number of hydrogen-bond donors (Lipinski definition) is 1. The van der Waals surface area contributed by atoms with E-state index in [9.17, 15) is 9.59 Å². The first-order chi connectivity index (χ1) is 15.2. The van der Waals surface area contributed by atoms with Crippen LogP contribution in [-0.4, -0.2) is 46.7 Å². The maximum absolute atomic E-state index is 12.9. The molecule has 0 unspecified atom stereocenters.